The van der Waals surface area contributed by atoms with E-state index >= 15 is 0 Å². The van der Waals surface area contributed by atoms with E-state index in [1.54, 1.807) is 12.1 Å². The van der Waals surface area contributed by atoms with Crippen molar-refractivity contribution in [3.8, 4) is 0 Å². The van der Waals surface area contributed by atoms with Crippen molar-refractivity contribution in [1.29, 1.82) is 0 Å². The second kappa shape index (κ2) is 7.04. The van der Waals surface area contributed by atoms with E-state index in [0.717, 1.165) is 22.4 Å². The molecule has 1 atom stereocenters. The molecule has 0 saturated carbocycles. The highest BCUT2D eigenvalue weighted by Crippen LogP contribution is 2.21. The largest absolute Gasteiger partial charge is 0.448 e. The van der Waals surface area contributed by atoms with Crippen LogP contribution in [0.25, 0.3) is 11.0 Å². The van der Waals surface area contributed by atoms with E-state index in [2.05, 4.69) is 10.3 Å². The van der Waals surface area contributed by atoms with E-state index in [4.69, 9.17) is 16.3 Å². The second-order valence-corrected chi connectivity index (χ2v) is 6.95. The van der Waals surface area contributed by atoms with Crippen LogP contribution in [0.15, 0.2) is 42.5 Å². The summed E-state index contributed by atoms with van der Waals surface area (Å²) in [5, 5.41) is 3.48. The maximum atomic E-state index is 12.4. The van der Waals surface area contributed by atoms with Crippen LogP contribution in [-0.4, -0.2) is 34.1 Å². The molecule has 3 aromatic rings. The Labute approximate surface area is 161 Å². The minimum atomic E-state index is -0.799. The number of halogens is 1. The quantitative estimate of drug-likeness (QED) is 0.703. The molecule has 1 N–H and O–H groups in total. The van der Waals surface area contributed by atoms with E-state index in [9.17, 15) is 9.59 Å². The Bertz CT molecular complexity index is 1040. The average Bonchev–Trinajstić information content (AvgIpc) is 2.96. The highest BCUT2D eigenvalue weighted by Gasteiger charge is 2.30. The van der Waals surface area contributed by atoms with Crippen molar-refractivity contribution >= 4 is 34.5 Å². The summed E-state index contributed by atoms with van der Waals surface area (Å²) in [7, 11) is 1.93. The van der Waals surface area contributed by atoms with Gasteiger partial charge in [0.15, 0.2) is 6.10 Å². The fourth-order valence-electron chi connectivity index (χ4n) is 3.34. The van der Waals surface area contributed by atoms with Crippen molar-refractivity contribution in [1.82, 2.24) is 14.9 Å². The summed E-state index contributed by atoms with van der Waals surface area (Å²) in [5.41, 5.74) is 3.17. The number of carbonyl (C=O) groups is 2. The van der Waals surface area contributed by atoms with E-state index in [1.807, 2.05) is 41.9 Å². The summed E-state index contributed by atoms with van der Waals surface area (Å²) >= 11 is 6.01. The first-order chi connectivity index (χ1) is 13.0. The number of imidazole rings is 1. The van der Waals surface area contributed by atoms with Crippen molar-refractivity contribution in [3.05, 3.63) is 64.4 Å². The molecule has 0 spiro atoms. The van der Waals surface area contributed by atoms with Gasteiger partial charge in [0.1, 0.15) is 5.82 Å². The van der Waals surface area contributed by atoms with Crippen LogP contribution in [0.1, 0.15) is 21.7 Å². The number of benzene rings is 2. The Hall–Kier alpha value is -2.86. The number of hydrogen-bond donors (Lipinski definition) is 1. The zero-order valence-corrected chi connectivity index (χ0v) is 15.5. The number of esters is 1. The summed E-state index contributed by atoms with van der Waals surface area (Å²) in [6.07, 6.45) is 0.149. The van der Waals surface area contributed by atoms with Gasteiger partial charge in [-0.25, -0.2) is 9.78 Å². The first-order valence-corrected chi connectivity index (χ1v) is 9.08. The average molecular weight is 384 g/mol. The molecule has 0 fully saturated rings. The third kappa shape index (κ3) is 3.40. The molecule has 4 rings (SSSR count). The van der Waals surface area contributed by atoms with Crippen LogP contribution < -0.4 is 5.32 Å². The Balaban J connectivity index is 1.39. The molecule has 7 heteroatoms. The fourth-order valence-corrected chi connectivity index (χ4v) is 3.50. The maximum Gasteiger partial charge on any atom is 0.339 e. The molecule has 1 aromatic heterocycles. The predicted octanol–water partition coefficient (Wildman–Crippen LogP) is 2.67. The van der Waals surface area contributed by atoms with Gasteiger partial charge in [-0.1, -0.05) is 29.8 Å². The van der Waals surface area contributed by atoms with Crippen molar-refractivity contribution < 1.29 is 14.3 Å². The summed E-state index contributed by atoms with van der Waals surface area (Å²) in [6, 6.07) is 12.8. The second-order valence-electron chi connectivity index (χ2n) is 6.52. The molecule has 0 saturated heterocycles. The highest BCUT2D eigenvalue weighted by molar-refractivity contribution is 6.31. The van der Waals surface area contributed by atoms with Crippen LogP contribution in [0, 0.1) is 0 Å². The number of nitrogens with one attached hydrogen (secondary N) is 1. The number of ether oxygens (including phenoxy) is 1. The third-order valence-electron chi connectivity index (χ3n) is 4.77. The Morgan fingerprint density at radius 2 is 2.15 bits per heavy atom. The smallest absolute Gasteiger partial charge is 0.339 e. The molecule has 0 bridgehead atoms. The fraction of sp³-hybridized carbons (Fsp3) is 0.250. The molecule has 27 heavy (non-hydrogen) atoms. The molecular formula is C20H18ClN3O3. The molecule has 2 aromatic carbocycles. The van der Waals surface area contributed by atoms with Gasteiger partial charge in [0.25, 0.3) is 5.91 Å². The number of fused-ring (bicyclic) bond motifs is 2. The summed E-state index contributed by atoms with van der Waals surface area (Å²) in [6.45, 7) is 0.402. The molecular weight excluding hydrogens is 366 g/mol. The number of rotatable bonds is 4. The van der Waals surface area contributed by atoms with E-state index < -0.39 is 12.1 Å². The molecule has 138 valence electrons. The van der Waals surface area contributed by atoms with Crippen LogP contribution in [0.3, 0.4) is 0 Å². The number of carbonyl (C=O) groups excluding carboxylic acids is 2. The summed E-state index contributed by atoms with van der Waals surface area (Å²) in [4.78, 5) is 29.0. The van der Waals surface area contributed by atoms with Crippen molar-refractivity contribution in [3.63, 3.8) is 0 Å². The van der Waals surface area contributed by atoms with Crippen molar-refractivity contribution in [2.24, 2.45) is 7.05 Å². The molecule has 1 amide bonds. The summed E-state index contributed by atoms with van der Waals surface area (Å²) in [5.74, 6) is 0.0995. The van der Waals surface area contributed by atoms with Crippen molar-refractivity contribution in [2.45, 2.75) is 18.9 Å². The van der Waals surface area contributed by atoms with Crippen LogP contribution >= 0.6 is 11.6 Å². The number of aromatic nitrogens is 2. The lowest BCUT2D eigenvalue weighted by Gasteiger charge is -2.23. The normalized spacial score (nSPS) is 16.1. The van der Waals surface area contributed by atoms with Gasteiger partial charge in [0.05, 0.1) is 16.6 Å². The van der Waals surface area contributed by atoms with Crippen LogP contribution in [0.2, 0.25) is 5.02 Å². The minimum absolute atomic E-state index is 0.292. The van der Waals surface area contributed by atoms with E-state index in [0.29, 0.717) is 30.0 Å². The number of hydrogen-bond acceptors (Lipinski definition) is 4. The van der Waals surface area contributed by atoms with Crippen LogP contribution in [0.5, 0.6) is 0 Å². The standard InChI is InChI=1S/C20H18ClN3O3/c1-24-16-7-6-13(21)11-15(16)23-18(24)8-9-22-19(25)17-10-12-4-2-3-5-14(12)20(26)27-17/h2-7,11,17H,8-10H2,1H3,(H,22,25)/t17-/m1/s1. The molecule has 0 unspecified atom stereocenters. The topological polar surface area (TPSA) is 73.2 Å². The van der Waals surface area contributed by atoms with Gasteiger partial charge in [-0.2, -0.15) is 0 Å². The van der Waals surface area contributed by atoms with Gasteiger partial charge in [0.2, 0.25) is 0 Å². The molecule has 0 radical (unpaired) electrons. The molecule has 2 heterocycles. The zero-order valence-electron chi connectivity index (χ0n) is 14.7. The first-order valence-electron chi connectivity index (χ1n) is 8.70. The van der Waals surface area contributed by atoms with Gasteiger partial charge >= 0.3 is 5.97 Å². The van der Waals surface area contributed by atoms with Gasteiger partial charge in [-0.05, 0) is 29.8 Å². The van der Waals surface area contributed by atoms with E-state index in [1.165, 1.54) is 0 Å². The Morgan fingerprint density at radius 3 is 3.00 bits per heavy atom. The minimum Gasteiger partial charge on any atom is -0.448 e. The zero-order chi connectivity index (χ0) is 19.0. The lowest BCUT2D eigenvalue weighted by Crippen LogP contribution is -2.42. The number of amides is 1. The van der Waals surface area contributed by atoms with E-state index in [-0.39, 0.29) is 5.91 Å². The highest BCUT2D eigenvalue weighted by atomic mass is 35.5. The van der Waals surface area contributed by atoms with Gasteiger partial charge in [-0.15, -0.1) is 0 Å². The monoisotopic (exact) mass is 383 g/mol. The van der Waals surface area contributed by atoms with Gasteiger partial charge < -0.3 is 14.6 Å². The molecule has 6 nitrogen and oxygen atoms in total. The van der Waals surface area contributed by atoms with Crippen LogP contribution in [-0.2, 0) is 29.4 Å². The molecule has 1 aliphatic heterocycles. The number of cyclic esters (lactones) is 1. The van der Waals surface area contributed by atoms with Crippen LogP contribution in [0.4, 0.5) is 0 Å². The lowest BCUT2D eigenvalue weighted by atomic mass is 9.98. The Kier molecular flexibility index (Phi) is 4.58. The molecule has 0 aliphatic carbocycles. The van der Waals surface area contributed by atoms with Crippen molar-refractivity contribution in [2.75, 3.05) is 6.54 Å². The lowest BCUT2D eigenvalue weighted by molar-refractivity contribution is -0.130. The first kappa shape index (κ1) is 17.5. The maximum absolute atomic E-state index is 12.4. The number of nitrogens with zero attached hydrogens (tertiary/aromatic N) is 2. The Morgan fingerprint density at radius 1 is 1.33 bits per heavy atom. The van der Waals surface area contributed by atoms with Gasteiger partial charge in [0, 0.05) is 31.5 Å². The number of aryl methyl sites for hydroxylation is 1. The third-order valence-corrected chi connectivity index (χ3v) is 5.00. The summed E-state index contributed by atoms with van der Waals surface area (Å²) < 4.78 is 7.26. The predicted molar refractivity (Wildman–Crippen MR) is 102 cm³/mol. The SMILES string of the molecule is Cn1c(CCNC(=O)[C@H]2Cc3ccccc3C(=O)O2)nc2cc(Cl)ccc21. The molecule has 1 aliphatic rings. The van der Waals surface area contributed by atoms with Gasteiger partial charge in [-0.3, -0.25) is 4.79 Å².